The van der Waals surface area contributed by atoms with Crippen LogP contribution < -0.4 is 0 Å². The average molecular weight is 969 g/mol. The first-order valence-corrected chi connectivity index (χ1v) is 30.8. The normalized spacial score (nSPS) is 14.2. The highest BCUT2D eigenvalue weighted by atomic mass is 16.5. The van der Waals surface area contributed by atoms with Gasteiger partial charge in [-0.25, -0.2) is 0 Å². The SMILES string of the molecule is C=C=C(C=C)CCCCCCCCCCC.C=CC(=O)CCCCC.CC.CCCCCCCCC(CCCCCCCC)CCC(=O)CCCCCCCOC[C@@H]1CC(C)CN1CCCCCC. The summed E-state index contributed by atoms with van der Waals surface area (Å²) in [4.78, 5) is 25.9. The molecule has 0 amide bonds. The van der Waals surface area contributed by atoms with E-state index in [0.717, 1.165) is 70.0 Å². The molecule has 0 spiro atoms. The number of rotatable bonds is 48. The third kappa shape index (κ3) is 53.9. The highest BCUT2D eigenvalue weighted by molar-refractivity contribution is 5.88. The molecule has 0 radical (unpaired) electrons. The fourth-order valence-corrected chi connectivity index (χ4v) is 9.59. The Morgan fingerprint density at radius 3 is 1.43 bits per heavy atom. The summed E-state index contributed by atoms with van der Waals surface area (Å²) in [5, 5.41) is 0. The molecule has 0 N–H and O–H groups in total. The van der Waals surface area contributed by atoms with Gasteiger partial charge in [0.25, 0.3) is 0 Å². The molecule has 0 aromatic rings. The lowest BCUT2D eigenvalue weighted by Crippen LogP contribution is -2.34. The second-order valence-electron chi connectivity index (χ2n) is 20.8. The molecule has 1 fully saturated rings. The van der Waals surface area contributed by atoms with Gasteiger partial charge < -0.3 is 4.74 Å². The number of Topliss-reactive ketones (excluding diaryl/α,β-unsaturated/α-hetero) is 1. The van der Waals surface area contributed by atoms with E-state index in [-0.39, 0.29) is 5.78 Å². The smallest absolute Gasteiger partial charge is 0.155 e. The Bertz CT molecular complexity index is 1110. The van der Waals surface area contributed by atoms with Gasteiger partial charge in [0.2, 0.25) is 0 Å². The molecule has 2 atom stereocenters. The first-order chi connectivity index (χ1) is 33.8. The van der Waals surface area contributed by atoms with Gasteiger partial charge in [-0.05, 0) is 81.4 Å². The summed E-state index contributed by atoms with van der Waals surface area (Å²) in [6.45, 7) is 32.8. The van der Waals surface area contributed by atoms with E-state index in [4.69, 9.17) is 4.74 Å². The van der Waals surface area contributed by atoms with Gasteiger partial charge in [-0.3, -0.25) is 14.5 Å². The highest BCUT2D eigenvalue weighted by Gasteiger charge is 2.29. The Labute approximate surface area is 435 Å². The second-order valence-corrected chi connectivity index (χ2v) is 20.8. The van der Waals surface area contributed by atoms with E-state index >= 15 is 0 Å². The maximum absolute atomic E-state index is 12.7. The third-order valence-corrected chi connectivity index (χ3v) is 14.1. The van der Waals surface area contributed by atoms with Crippen molar-refractivity contribution in [3.8, 4) is 0 Å². The van der Waals surface area contributed by atoms with Crippen molar-refractivity contribution in [2.45, 2.75) is 325 Å². The summed E-state index contributed by atoms with van der Waals surface area (Å²) in [6, 6.07) is 0.642. The number of allylic oxidation sites excluding steroid dienone is 3. The van der Waals surface area contributed by atoms with Gasteiger partial charge in [0.05, 0.1) is 6.61 Å². The molecule has 408 valence electrons. The van der Waals surface area contributed by atoms with Crippen molar-refractivity contribution in [1.29, 1.82) is 0 Å². The van der Waals surface area contributed by atoms with Gasteiger partial charge in [-0.15, -0.1) is 5.73 Å². The summed E-state index contributed by atoms with van der Waals surface area (Å²) in [6.07, 6.45) is 55.6. The number of likely N-dealkylation sites (tertiary alicyclic amines) is 1. The van der Waals surface area contributed by atoms with Crippen LogP contribution in [0, 0.1) is 11.8 Å². The van der Waals surface area contributed by atoms with E-state index in [1.54, 1.807) is 0 Å². The quantitative estimate of drug-likeness (QED) is 0.0264. The third-order valence-electron chi connectivity index (χ3n) is 14.1. The lowest BCUT2D eigenvalue weighted by Gasteiger charge is -2.24. The number of hydrogen-bond donors (Lipinski definition) is 0. The number of hydrogen-bond acceptors (Lipinski definition) is 4. The van der Waals surface area contributed by atoms with E-state index in [0.29, 0.717) is 18.2 Å². The van der Waals surface area contributed by atoms with Crippen molar-refractivity contribution in [2.24, 2.45) is 11.8 Å². The van der Waals surface area contributed by atoms with Gasteiger partial charge in [-0.2, -0.15) is 0 Å². The summed E-state index contributed by atoms with van der Waals surface area (Å²) in [5.41, 5.74) is 4.09. The molecular formula is C65H125NO3. The van der Waals surface area contributed by atoms with E-state index < -0.39 is 0 Å². The van der Waals surface area contributed by atoms with E-state index in [2.05, 4.69) is 71.9 Å². The monoisotopic (exact) mass is 968 g/mol. The summed E-state index contributed by atoms with van der Waals surface area (Å²) >= 11 is 0. The molecule has 1 aliphatic rings. The number of ether oxygens (including phenoxy) is 1. The predicted octanol–water partition coefficient (Wildman–Crippen LogP) is 21.3. The van der Waals surface area contributed by atoms with Crippen molar-refractivity contribution in [1.82, 2.24) is 4.90 Å². The minimum absolute atomic E-state index is 0.170. The van der Waals surface area contributed by atoms with Gasteiger partial charge in [0.1, 0.15) is 5.78 Å². The Hall–Kier alpha value is -1.74. The number of carbonyl (C=O) groups is 2. The van der Waals surface area contributed by atoms with Crippen molar-refractivity contribution in [2.75, 3.05) is 26.3 Å². The molecule has 1 rings (SSSR count). The van der Waals surface area contributed by atoms with Gasteiger partial charge in [0.15, 0.2) is 5.78 Å². The summed E-state index contributed by atoms with van der Waals surface area (Å²) in [5.74, 6) is 2.30. The van der Waals surface area contributed by atoms with E-state index in [1.165, 1.54) is 237 Å². The number of unbranched alkanes of at least 4 members (excludes halogenated alkanes) is 27. The average Bonchev–Trinajstić information content (AvgIpc) is 3.73. The van der Waals surface area contributed by atoms with Gasteiger partial charge >= 0.3 is 0 Å². The minimum atomic E-state index is 0.170. The van der Waals surface area contributed by atoms with E-state index in [1.807, 2.05) is 19.9 Å². The Morgan fingerprint density at radius 1 is 0.536 bits per heavy atom. The lowest BCUT2D eigenvalue weighted by molar-refractivity contribution is -0.119. The largest absolute Gasteiger partial charge is 0.380 e. The fourth-order valence-electron chi connectivity index (χ4n) is 9.59. The van der Waals surface area contributed by atoms with Crippen LogP contribution in [0.4, 0.5) is 0 Å². The van der Waals surface area contributed by atoms with E-state index in [9.17, 15) is 9.59 Å². The number of nitrogens with zero attached hydrogens (tertiary/aromatic N) is 1. The zero-order valence-corrected chi connectivity index (χ0v) is 48.5. The Morgan fingerprint density at radius 2 is 0.957 bits per heavy atom. The number of carbonyl (C=O) groups excluding carboxylic acids is 2. The van der Waals surface area contributed by atoms with Crippen LogP contribution in [0.5, 0.6) is 0 Å². The molecule has 0 aromatic heterocycles. The highest BCUT2D eigenvalue weighted by Crippen LogP contribution is 2.26. The molecule has 0 aliphatic carbocycles. The summed E-state index contributed by atoms with van der Waals surface area (Å²) < 4.78 is 6.13. The standard InChI is InChI=1S/C39H77NO2.C16H28.C8H14O.C2H6/c1-5-8-11-14-17-21-26-37(27-22-18-15-12-9-6-2)29-30-39(41)28-23-19-16-20-25-32-42-35-38-33-36(4)34-40(38)31-24-13-10-7-3;1-4-7-8-9-10-11-12-13-14-15-16(5-2)6-3;1-3-5-6-7-8(9)4-2;1-2/h36-38H,5-35H2,1-4H3;5H,2-4,7-15H2,1H3;4H,2-3,5-7H2,1H3;1-2H3/t36?,38-;;;/m0.../s1. The van der Waals surface area contributed by atoms with Crippen molar-refractivity contribution < 1.29 is 14.3 Å². The van der Waals surface area contributed by atoms with Crippen LogP contribution in [0.25, 0.3) is 0 Å². The maximum Gasteiger partial charge on any atom is 0.155 e. The molecule has 1 unspecified atom stereocenters. The second kappa shape index (κ2) is 60.6. The van der Waals surface area contributed by atoms with Crippen LogP contribution in [0.2, 0.25) is 0 Å². The lowest BCUT2D eigenvalue weighted by atomic mass is 9.89. The minimum Gasteiger partial charge on any atom is -0.380 e. The molecule has 1 aliphatic heterocycles. The first kappa shape index (κ1) is 71.5. The number of ketones is 2. The zero-order chi connectivity index (χ0) is 51.7. The van der Waals surface area contributed by atoms with Crippen molar-refractivity contribution in [3.63, 3.8) is 0 Å². The molecule has 1 heterocycles. The molecule has 4 nitrogen and oxygen atoms in total. The predicted molar refractivity (Wildman–Crippen MR) is 311 cm³/mol. The Kier molecular flexibility index (Phi) is 62.8. The topological polar surface area (TPSA) is 46.6 Å². The molecular weight excluding hydrogens is 843 g/mol. The first-order valence-electron chi connectivity index (χ1n) is 30.8. The Balaban J connectivity index is -0.00000131. The fraction of sp³-hybridized carbons (Fsp3) is 0.862. The van der Waals surface area contributed by atoms with Crippen LogP contribution in [-0.4, -0.2) is 48.8 Å². The molecule has 0 bridgehead atoms. The van der Waals surface area contributed by atoms with Gasteiger partial charge in [-0.1, -0.05) is 274 Å². The zero-order valence-electron chi connectivity index (χ0n) is 48.5. The summed E-state index contributed by atoms with van der Waals surface area (Å²) in [7, 11) is 0. The molecule has 4 heteroatoms. The molecule has 69 heavy (non-hydrogen) atoms. The van der Waals surface area contributed by atoms with Crippen LogP contribution in [0.1, 0.15) is 319 Å². The van der Waals surface area contributed by atoms with Crippen LogP contribution in [-0.2, 0) is 14.3 Å². The van der Waals surface area contributed by atoms with Crippen LogP contribution >= 0.6 is 0 Å². The van der Waals surface area contributed by atoms with Crippen molar-refractivity contribution >= 4 is 11.6 Å². The molecule has 1 saturated heterocycles. The van der Waals surface area contributed by atoms with Crippen LogP contribution in [0.3, 0.4) is 0 Å². The van der Waals surface area contributed by atoms with Crippen LogP contribution in [0.15, 0.2) is 43.2 Å². The molecule has 0 saturated carbocycles. The van der Waals surface area contributed by atoms with Gasteiger partial charge in [0, 0.05) is 38.5 Å². The molecule has 0 aromatic carbocycles. The van der Waals surface area contributed by atoms with Crippen molar-refractivity contribution in [3.05, 3.63) is 43.2 Å². The maximum atomic E-state index is 12.7.